The molecule has 1 amide bonds. The Bertz CT molecular complexity index is 543. The van der Waals surface area contributed by atoms with Gasteiger partial charge in [-0.15, -0.1) is 0 Å². The second-order valence-electron chi connectivity index (χ2n) is 6.40. The number of ether oxygens (including phenoxy) is 1. The van der Waals surface area contributed by atoms with Gasteiger partial charge in [0.15, 0.2) is 5.78 Å². The quantitative estimate of drug-likeness (QED) is 0.929. The van der Waals surface area contributed by atoms with Crippen molar-refractivity contribution < 1.29 is 14.3 Å². The first kappa shape index (κ1) is 15.5. The molecule has 0 heterocycles. The third-order valence-corrected chi connectivity index (χ3v) is 3.47. The van der Waals surface area contributed by atoms with E-state index < -0.39 is 11.7 Å². The number of hydrogen-bond acceptors (Lipinski definition) is 3. The van der Waals surface area contributed by atoms with E-state index >= 15 is 0 Å². The highest BCUT2D eigenvalue weighted by molar-refractivity contribution is 5.98. The van der Waals surface area contributed by atoms with Gasteiger partial charge in [0, 0.05) is 18.5 Å². The molecule has 0 bridgehead atoms. The molecule has 4 nitrogen and oxygen atoms in total. The summed E-state index contributed by atoms with van der Waals surface area (Å²) in [7, 11) is 0. The summed E-state index contributed by atoms with van der Waals surface area (Å²) in [6, 6.07) is 5.86. The number of amides is 1. The minimum Gasteiger partial charge on any atom is -0.444 e. The maximum Gasteiger partial charge on any atom is 0.407 e. The van der Waals surface area contributed by atoms with Crippen LogP contribution < -0.4 is 5.32 Å². The molecule has 0 radical (unpaired) electrons. The third-order valence-electron chi connectivity index (χ3n) is 3.47. The van der Waals surface area contributed by atoms with Gasteiger partial charge in [-0.3, -0.25) is 4.79 Å². The van der Waals surface area contributed by atoms with Gasteiger partial charge in [0.05, 0.1) is 0 Å². The molecular formula is C17H23NO3. The molecule has 0 unspecified atom stereocenters. The second-order valence-corrected chi connectivity index (χ2v) is 6.40. The Hall–Kier alpha value is -1.84. The number of carbonyl (C=O) groups excluding carboxylic acids is 2. The monoisotopic (exact) mass is 289 g/mol. The van der Waals surface area contributed by atoms with Crippen molar-refractivity contribution in [2.75, 3.05) is 6.54 Å². The van der Waals surface area contributed by atoms with Crippen LogP contribution in [-0.4, -0.2) is 24.0 Å². The summed E-state index contributed by atoms with van der Waals surface area (Å²) in [5, 5.41) is 2.76. The van der Waals surface area contributed by atoms with Crippen LogP contribution in [0, 0.1) is 0 Å². The zero-order valence-corrected chi connectivity index (χ0v) is 13.0. The van der Waals surface area contributed by atoms with E-state index in [-0.39, 0.29) is 5.78 Å². The molecule has 1 N–H and O–H groups in total. The molecule has 2 rings (SSSR count). The summed E-state index contributed by atoms with van der Waals surface area (Å²) >= 11 is 0. The number of carbonyl (C=O) groups is 2. The molecule has 0 aliphatic heterocycles. The Morgan fingerprint density at radius 3 is 2.76 bits per heavy atom. The van der Waals surface area contributed by atoms with Crippen molar-refractivity contribution in [3.05, 3.63) is 34.9 Å². The minimum absolute atomic E-state index is 0.234. The summed E-state index contributed by atoms with van der Waals surface area (Å²) in [4.78, 5) is 23.5. The van der Waals surface area contributed by atoms with E-state index in [1.165, 1.54) is 0 Å². The summed E-state index contributed by atoms with van der Waals surface area (Å²) in [5.74, 6) is 0.234. The SMILES string of the molecule is CC(C)(C)OC(=O)NCCc1cccc2c1CCCC2=O. The van der Waals surface area contributed by atoms with Crippen LogP contribution in [-0.2, 0) is 17.6 Å². The van der Waals surface area contributed by atoms with Crippen LogP contribution in [0.15, 0.2) is 18.2 Å². The highest BCUT2D eigenvalue weighted by atomic mass is 16.6. The number of nitrogens with one attached hydrogen (secondary N) is 1. The third kappa shape index (κ3) is 4.31. The molecule has 1 aliphatic rings. The molecule has 1 aliphatic carbocycles. The number of benzene rings is 1. The Morgan fingerprint density at radius 2 is 2.05 bits per heavy atom. The minimum atomic E-state index is -0.484. The first-order chi connectivity index (χ1) is 9.87. The van der Waals surface area contributed by atoms with Gasteiger partial charge in [0.1, 0.15) is 5.60 Å². The van der Waals surface area contributed by atoms with Crippen molar-refractivity contribution in [2.24, 2.45) is 0 Å². The van der Waals surface area contributed by atoms with Gasteiger partial charge in [-0.25, -0.2) is 4.79 Å². The van der Waals surface area contributed by atoms with E-state index in [0.717, 1.165) is 36.0 Å². The highest BCUT2D eigenvalue weighted by Gasteiger charge is 2.19. The van der Waals surface area contributed by atoms with Gasteiger partial charge in [-0.05, 0) is 51.2 Å². The average Bonchev–Trinajstić information content (AvgIpc) is 2.37. The first-order valence-corrected chi connectivity index (χ1v) is 7.47. The van der Waals surface area contributed by atoms with Crippen LogP contribution in [0.5, 0.6) is 0 Å². The van der Waals surface area contributed by atoms with Crippen molar-refractivity contribution in [3.8, 4) is 0 Å². The molecular weight excluding hydrogens is 266 g/mol. The lowest BCUT2D eigenvalue weighted by molar-refractivity contribution is 0.0528. The molecule has 0 spiro atoms. The maximum atomic E-state index is 11.9. The molecule has 0 saturated carbocycles. The van der Waals surface area contributed by atoms with Crippen LogP contribution in [0.4, 0.5) is 4.79 Å². The standard InChI is InChI=1S/C17H23NO3/c1-17(2,3)21-16(20)18-11-10-12-6-4-8-14-13(12)7-5-9-15(14)19/h4,6,8H,5,7,9-11H2,1-3H3,(H,18,20). The van der Waals surface area contributed by atoms with E-state index in [2.05, 4.69) is 5.32 Å². The lowest BCUT2D eigenvalue weighted by Gasteiger charge is -2.20. The van der Waals surface area contributed by atoms with E-state index in [1.807, 2.05) is 39.0 Å². The molecule has 0 aromatic heterocycles. The van der Waals surface area contributed by atoms with Crippen molar-refractivity contribution in [1.29, 1.82) is 0 Å². The Labute approximate surface area is 125 Å². The molecule has 21 heavy (non-hydrogen) atoms. The number of hydrogen-bond donors (Lipinski definition) is 1. The number of rotatable bonds is 3. The van der Waals surface area contributed by atoms with Gasteiger partial charge in [-0.2, -0.15) is 0 Å². The number of fused-ring (bicyclic) bond motifs is 1. The van der Waals surface area contributed by atoms with Crippen LogP contribution in [0.25, 0.3) is 0 Å². The molecule has 0 saturated heterocycles. The lowest BCUT2D eigenvalue weighted by atomic mass is 9.86. The topological polar surface area (TPSA) is 55.4 Å². The Morgan fingerprint density at radius 1 is 1.29 bits per heavy atom. The fourth-order valence-corrected chi connectivity index (χ4v) is 2.60. The summed E-state index contributed by atoms with van der Waals surface area (Å²) in [6.45, 7) is 6.03. The van der Waals surface area contributed by atoms with Gasteiger partial charge in [0.2, 0.25) is 0 Å². The normalized spacial score (nSPS) is 14.5. The Balaban J connectivity index is 1.94. The largest absolute Gasteiger partial charge is 0.444 e. The van der Waals surface area contributed by atoms with Gasteiger partial charge in [-0.1, -0.05) is 18.2 Å². The van der Waals surface area contributed by atoms with Gasteiger partial charge in [0.25, 0.3) is 0 Å². The molecule has 1 aromatic carbocycles. The average molecular weight is 289 g/mol. The first-order valence-electron chi connectivity index (χ1n) is 7.47. The van der Waals surface area contributed by atoms with Crippen LogP contribution >= 0.6 is 0 Å². The van der Waals surface area contributed by atoms with Crippen molar-refractivity contribution in [1.82, 2.24) is 5.32 Å². The smallest absolute Gasteiger partial charge is 0.407 e. The molecule has 0 atom stereocenters. The molecule has 0 fully saturated rings. The van der Waals surface area contributed by atoms with E-state index in [4.69, 9.17) is 4.74 Å². The predicted molar refractivity (Wildman–Crippen MR) is 81.7 cm³/mol. The van der Waals surface area contributed by atoms with E-state index in [0.29, 0.717) is 13.0 Å². The molecule has 4 heteroatoms. The van der Waals surface area contributed by atoms with E-state index in [9.17, 15) is 9.59 Å². The number of Topliss-reactive ketones (excluding diaryl/α,β-unsaturated/α-hetero) is 1. The van der Waals surface area contributed by atoms with E-state index in [1.54, 1.807) is 0 Å². The second kappa shape index (κ2) is 6.29. The van der Waals surface area contributed by atoms with Gasteiger partial charge >= 0.3 is 6.09 Å². The predicted octanol–water partition coefficient (Wildman–Crippen LogP) is 3.27. The maximum absolute atomic E-state index is 11.9. The fourth-order valence-electron chi connectivity index (χ4n) is 2.60. The zero-order chi connectivity index (χ0) is 15.5. The van der Waals surface area contributed by atoms with Crippen LogP contribution in [0.1, 0.15) is 55.1 Å². The van der Waals surface area contributed by atoms with Crippen molar-refractivity contribution in [3.63, 3.8) is 0 Å². The molecule has 114 valence electrons. The number of ketones is 1. The van der Waals surface area contributed by atoms with Gasteiger partial charge < -0.3 is 10.1 Å². The fraction of sp³-hybridized carbons (Fsp3) is 0.529. The van der Waals surface area contributed by atoms with Crippen LogP contribution in [0.3, 0.4) is 0 Å². The Kier molecular flexibility index (Phi) is 4.66. The highest BCUT2D eigenvalue weighted by Crippen LogP contribution is 2.24. The zero-order valence-electron chi connectivity index (χ0n) is 13.0. The number of alkyl carbamates (subject to hydrolysis) is 1. The van der Waals surface area contributed by atoms with Crippen molar-refractivity contribution in [2.45, 2.75) is 52.1 Å². The van der Waals surface area contributed by atoms with Crippen LogP contribution in [0.2, 0.25) is 0 Å². The van der Waals surface area contributed by atoms with Crippen molar-refractivity contribution >= 4 is 11.9 Å². The summed E-state index contributed by atoms with van der Waals surface area (Å²) in [6.07, 6.45) is 2.83. The molecule has 1 aromatic rings. The summed E-state index contributed by atoms with van der Waals surface area (Å²) < 4.78 is 5.20. The lowest BCUT2D eigenvalue weighted by Crippen LogP contribution is -2.33. The summed E-state index contributed by atoms with van der Waals surface area (Å²) in [5.41, 5.74) is 2.68.